The highest BCUT2D eigenvalue weighted by Crippen LogP contribution is 2.27. The third-order valence-corrected chi connectivity index (χ3v) is 4.20. The van der Waals surface area contributed by atoms with Crippen LogP contribution in [0.3, 0.4) is 0 Å². The lowest BCUT2D eigenvalue weighted by molar-refractivity contribution is 0.103. The van der Waals surface area contributed by atoms with E-state index in [-0.39, 0.29) is 18.3 Å². The van der Waals surface area contributed by atoms with E-state index in [1.54, 1.807) is 36.4 Å². The Hall–Kier alpha value is -2.24. The molecule has 3 rings (SSSR count). The van der Waals surface area contributed by atoms with Crippen LogP contribution < -0.4 is 5.32 Å². The summed E-state index contributed by atoms with van der Waals surface area (Å²) in [6.45, 7) is -0.0316. The maximum Gasteiger partial charge on any atom is 0.265 e. The molecule has 3 nitrogen and oxygen atoms in total. The lowest BCUT2D eigenvalue weighted by atomic mass is 10.2. The van der Waals surface area contributed by atoms with Crippen LogP contribution in [0.15, 0.2) is 48.5 Å². The average Bonchev–Trinajstić information content (AvgIpc) is 2.91. The number of halogens is 1. The number of hydrogen-bond donors (Lipinski definition) is 2. The molecule has 2 aromatic carbocycles. The number of nitrogens with one attached hydrogen (secondary N) is 1. The predicted octanol–water partition coefficient (Wildman–Crippen LogP) is 3.79. The fourth-order valence-corrected chi connectivity index (χ4v) is 2.99. The van der Waals surface area contributed by atoms with E-state index in [0.29, 0.717) is 10.6 Å². The van der Waals surface area contributed by atoms with Crippen molar-refractivity contribution in [3.8, 4) is 0 Å². The number of aliphatic hydroxyl groups excluding tert-OH is 1. The van der Waals surface area contributed by atoms with Crippen LogP contribution in [0.4, 0.5) is 10.1 Å². The Labute approximate surface area is 124 Å². The van der Waals surface area contributed by atoms with E-state index in [0.717, 1.165) is 15.6 Å². The summed E-state index contributed by atoms with van der Waals surface area (Å²) in [6.07, 6.45) is 0. The van der Waals surface area contributed by atoms with Gasteiger partial charge in [-0.15, -0.1) is 11.3 Å². The van der Waals surface area contributed by atoms with Crippen molar-refractivity contribution in [3.63, 3.8) is 0 Å². The summed E-state index contributed by atoms with van der Waals surface area (Å²) in [6, 6.07) is 13.2. The number of benzene rings is 2. The molecule has 0 aliphatic heterocycles. The van der Waals surface area contributed by atoms with E-state index in [1.807, 2.05) is 0 Å². The number of aliphatic hydroxyl groups is 1. The van der Waals surface area contributed by atoms with Crippen LogP contribution in [-0.2, 0) is 6.61 Å². The zero-order valence-electron chi connectivity index (χ0n) is 11.0. The number of amides is 1. The average molecular weight is 301 g/mol. The Morgan fingerprint density at radius 1 is 1.14 bits per heavy atom. The highest BCUT2D eigenvalue weighted by Gasteiger charge is 2.11. The Kier molecular flexibility index (Phi) is 3.68. The van der Waals surface area contributed by atoms with Crippen molar-refractivity contribution in [2.45, 2.75) is 6.61 Å². The van der Waals surface area contributed by atoms with E-state index in [2.05, 4.69) is 5.32 Å². The van der Waals surface area contributed by atoms with Crippen LogP contribution in [0.1, 0.15) is 15.2 Å². The molecule has 0 saturated heterocycles. The van der Waals surface area contributed by atoms with Gasteiger partial charge >= 0.3 is 0 Å². The van der Waals surface area contributed by atoms with E-state index in [1.165, 1.54) is 23.5 Å². The molecule has 0 unspecified atom stereocenters. The van der Waals surface area contributed by atoms with E-state index in [9.17, 15) is 9.18 Å². The minimum Gasteiger partial charge on any atom is -0.392 e. The van der Waals surface area contributed by atoms with Crippen LogP contribution >= 0.6 is 11.3 Å². The molecule has 5 heteroatoms. The first-order valence-corrected chi connectivity index (χ1v) is 7.17. The lowest BCUT2D eigenvalue weighted by Crippen LogP contribution is -2.09. The summed E-state index contributed by atoms with van der Waals surface area (Å²) < 4.78 is 13.9. The van der Waals surface area contributed by atoms with Crippen molar-refractivity contribution in [2.24, 2.45) is 0 Å². The monoisotopic (exact) mass is 301 g/mol. The molecule has 0 radical (unpaired) electrons. The number of thiophene rings is 1. The lowest BCUT2D eigenvalue weighted by Gasteiger charge is -2.04. The van der Waals surface area contributed by atoms with Gasteiger partial charge in [0.1, 0.15) is 5.82 Å². The van der Waals surface area contributed by atoms with Gasteiger partial charge < -0.3 is 10.4 Å². The van der Waals surface area contributed by atoms with Crippen LogP contribution in [0.5, 0.6) is 0 Å². The molecule has 0 fully saturated rings. The molecule has 1 heterocycles. The molecule has 1 aromatic heterocycles. The van der Waals surface area contributed by atoms with Gasteiger partial charge in [0, 0.05) is 10.4 Å². The molecule has 0 bridgehead atoms. The second-order valence-electron chi connectivity index (χ2n) is 4.60. The number of carbonyl (C=O) groups excluding carboxylic acids is 1. The molecule has 2 N–H and O–H groups in total. The molecule has 0 atom stereocenters. The van der Waals surface area contributed by atoms with Crippen molar-refractivity contribution >= 4 is 33.0 Å². The maximum absolute atomic E-state index is 13.2. The van der Waals surface area contributed by atoms with Gasteiger partial charge in [-0.2, -0.15) is 0 Å². The molecular weight excluding hydrogens is 289 g/mol. The molecular formula is C16H12FNO2S. The van der Waals surface area contributed by atoms with Crippen LogP contribution in [-0.4, -0.2) is 11.0 Å². The fraction of sp³-hybridized carbons (Fsp3) is 0.0625. The number of hydrogen-bond acceptors (Lipinski definition) is 3. The molecule has 0 spiro atoms. The van der Waals surface area contributed by atoms with Crippen LogP contribution in [0.25, 0.3) is 10.1 Å². The zero-order chi connectivity index (χ0) is 14.8. The second-order valence-corrected chi connectivity index (χ2v) is 5.69. The SMILES string of the molecule is O=C(Nc1ccc(CO)cc1)c1cc2ccc(F)cc2s1. The van der Waals surface area contributed by atoms with Gasteiger partial charge in [-0.3, -0.25) is 4.79 Å². The fourth-order valence-electron chi connectivity index (χ4n) is 2.00. The van der Waals surface area contributed by atoms with Gasteiger partial charge in [0.25, 0.3) is 5.91 Å². The summed E-state index contributed by atoms with van der Waals surface area (Å²) in [7, 11) is 0. The van der Waals surface area contributed by atoms with Gasteiger partial charge in [-0.1, -0.05) is 18.2 Å². The van der Waals surface area contributed by atoms with Crippen molar-refractivity contribution in [1.82, 2.24) is 0 Å². The van der Waals surface area contributed by atoms with Gasteiger partial charge in [-0.05, 0) is 41.3 Å². The smallest absolute Gasteiger partial charge is 0.265 e. The third-order valence-electron chi connectivity index (χ3n) is 3.10. The maximum atomic E-state index is 13.2. The Balaban J connectivity index is 1.82. The van der Waals surface area contributed by atoms with Crippen molar-refractivity contribution in [1.29, 1.82) is 0 Å². The zero-order valence-corrected chi connectivity index (χ0v) is 11.8. The first-order valence-electron chi connectivity index (χ1n) is 6.36. The number of anilines is 1. The van der Waals surface area contributed by atoms with E-state index >= 15 is 0 Å². The Morgan fingerprint density at radius 3 is 2.62 bits per heavy atom. The molecule has 1 amide bonds. The highest BCUT2D eigenvalue weighted by atomic mass is 32.1. The van der Waals surface area contributed by atoms with Crippen molar-refractivity contribution in [3.05, 3.63) is 64.8 Å². The quantitative estimate of drug-likeness (QED) is 0.773. The van der Waals surface area contributed by atoms with Crippen LogP contribution in [0, 0.1) is 5.82 Å². The molecule has 3 aromatic rings. The van der Waals surface area contributed by atoms with Crippen molar-refractivity contribution < 1.29 is 14.3 Å². The predicted molar refractivity (Wildman–Crippen MR) is 82.1 cm³/mol. The number of rotatable bonds is 3. The number of carbonyl (C=O) groups is 1. The van der Waals surface area contributed by atoms with Gasteiger partial charge in [0.2, 0.25) is 0 Å². The molecule has 106 valence electrons. The van der Waals surface area contributed by atoms with Crippen molar-refractivity contribution in [2.75, 3.05) is 5.32 Å². The van der Waals surface area contributed by atoms with Gasteiger partial charge in [-0.25, -0.2) is 4.39 Å². The Bertz CT molecular complexity index is 796. The topological polar surface area (TPSA) is 49.3 Å². The molecule has 21 heavy (non-hydrogen) atoms. The first-order chi connectivity index (χ1) is 10.2. The van der Waals surface area contributed by atoms with Gasteiger partial charge in [0.05, 0.1) is 11.5 Å². The van der Waals surface area contributed by atoms with E-state index < -0.39 is 0 Å². The standard InChI is InChI=1S/C16H12FNO2S/c17-12-4-3-11-7-15(21-14(11)8-12)16(20)18-13-5-1-10(9-19)2-6-13/h1-8,19H,9H2,(H,18,20). The largest absolute Gasteiger partial charge is 0.392 e. The van der Waals surface area contributed by atoms with E-state index in [4.69, 9.17) is 5.11 Å². The Morgan fingerprint density at radius 2 is 1.90 bits per heavy atom. The summed E-state index contributed by atoms with van der Waals surface area (Å²) in [4.78, 5) is 12.7. The van der Waals surface area contributed by atoms with Crippen LogP contribution in [0.2, 0.25) is 0 Å². The molecule has 0 aliphatic rings. The normalized spacial score (nSPS) is 10.8. The summed E-state index contributed by atoms with van der Waals surface area (Å²) in [5, 5.41) is 12.6. The minimum atomic E-state index is -0.309. The van der Waals surface area contributed by atoms with Gasteiger partial charge in [0.15, 0.2) is 0 Å². The minimum absolute atomic E-state index is 0.0316. The first kappa shape index (κ1) is 13.7. The molecule has 0 saturated carbocycles. The summed E-state index contributed by atoms with van der Waals surface area (Å²) >= 11 is 1.25. The summed E-state index contributed by atoms with van der Waals surface area (Å²) in [5.74, 6) is -0.538. The summed E-state index contributed by atoms with van der Waals surface area (Å²) in [5.41, 5.74) is 1.44. The third kappa shape index (κ3) is 2.94. The second kappa shape index (κ2) is 5.63. The highest BCUT2D eigenvalue weighted by molar-refractivity contribution is 7.20. The number of fused-ring (bicyclic) bond motifs is 1. The molecule has 0 aliphatic carbocycles.